The standard InChI is InChI=1S/C13H18IN/c1-9-4-3-5-11(13(9)14)12(15-2)8-10-6-7-10/h3-5,10,12,15H,6-8H2,1-2H3. The summed E-state index contributed by atoms with van der Waals surface area (Å²) in [7, 11) is 2.07. The Labute approximate surface area is 106 Å². The summed E-state index contributed by atoms with van der Waals surface area (Å²) in [5.41, 5.74) is 2.87. The molecule has 2 rings (SSSR count). The van der Waals surface area contributed by atoms with Crippen molar-refractivity contribution < 1.29 is 0 Å². The van der Waals surface area contributed by atoms with Gasteiger partial charge >= 0.3 is 0 Å². The van der Waals surface area contributed by atoms with Gasteiger partial charge in [-0.25, -0.2) is 0 Å². The van der Waals surface area contributed by atoms with Crippen molar-refractivity contribution in [1.82, 2.24) is 5.32 Å². The molecule has 1 aliphatic rings. The molecule has 0 heterocycles. The number of nitrogens with one attached hydrogen (secondary N) is 1. The van der Waals surface area contributed by atoms with Gasteiger partial charge in [0.25, 0.3) is 0 Å². The first kappa shape index (κ1) is 11.4. The molecular weight excluding hydrogens is 297 g/mol. The molecule has 0 spiro atoms. The summed E-state index contributed by atoms with van der Waals surface area (Å²) < 4.78 is 1.43. The minimum absolute atomic E-state index is 0.546. The summed E-state index contributed by atoms with van der Waals surface area (Å²) in [6, 6.07) is 7.17. The predicted molar refractivity (Wildman–Crippen MR) is 73.0 cm³/mol. The van der Waals surface area contributed by atoms with Gasteiger partial charge in [0.2, 0.25) is 0 Å². The average molecular weight is 315 g/mol. The van der Waals surface area contributed by atoms with Crippen molar-refractivity contribution in [3.63, 3.8) is 0 Å². The quantitative estimate of drug-likeness (QED) is 0.836. The Balaban J connectivity index is 2.20. The van der Waals surface area contributed by atoms with E-state index in [9.17, 15) is 0 Å². The van der Waals surface area contributed by atoms with Crippen LogP contribution in [-0.4, -0.2) is 7.05 Å². The van der Waals surface area contributed by atoms with Gasteiger partial charge in [0.05, 0.1) is 0 Å². The van der Waals surface area contributed by atoms with E-state index in [0.717, 1.165) is 5.92 Å². The Morgan fingerprint density at radius 1 is 1.47 bits per heavy atom. The normalized spacial score (nSPS) is 17.8. The molecule has 0 aromatic heterocycles. The number of benzene rings is 1. The highest BCUT2D eigenvalue weighted by Crippen LogP contribution is 2.38. The third-order valence-electron chi connectivity index (χ3n) is 3.21. The van der Waals surface area contributed by atoms with E-state index in [2.05, 4.69) is 60.1 Å². The highest BCUT2D eigenvalue weighted by Gasteiger charge is 2.26. The van der Waals surface area contributed by atoms with Gasteiger partial charge in [0.15, 0.2) is 0 Å². The Bertz CT molecular complexity index is 344. The first-order valence-electron chi connectivity index (χ1n) is 5.64. The molecule has 0 radical (unpaired) electrons. The topological polar surface area (TPSA) is 12.0 Å². The summed E-state index contributed by atoms with van der Waals surface area (Å²) >= 11 is 2.47. The Kier molecular flexibility index (Phi) is 3.67. The van der Waals surface area contributed by atoms with Crippen molar-refractivity contribution in [2.24, 2.45) is 5.92 Å². The summed E-state index contributed by atoms with van der Waals surface area (Å²) in [6.07, 6.45) is 4.16. The van der Waals surface area contributed by atoms with Crippen molar-refractivity contribution in [3.8, 4) is 0 Å². The van der Waals surface area contributed by atoms with Crippen molar-refractivity contribution in [1.29, 1.82) is 0 Å². The number of halogens is 1. The molecule has 1 aromatic rings. The molecule has 1 fully saturated rings. The second-order valence-corrected chi connectivity index (χ2v) is 5.58. The Morgan fingerprint density at radius 2 is 2.20 bits per heavy atom. The molecule has 1 N–H and O–H groups in total. The zero-order valence-corrected chi connectivity index (χ0v) is 11.5. The lowest BCUT2D eigenvalue weighted by molar-refractivity contribution is 0.512. The molecule has 82 valence electrons. The monoisotopic (exact) mass is 315 g/mol. The fourth-order valence-electron chi connectivity index (χ4n) is 2.03. The van der Waals surface area contributed by atoms with Crippen LogP contribution in [0.5, 0.6) is 0 Å². The summed E-state index contributed by atoms with van der Waals surface area (Å²) in [5.74, 6) is 0.971. The highest BCUT2D eigenvalue weighted by molar-refractivity contribution is 14.1. The Morgan fingerprint density at radius 3 is 2.80 bits per heavy atom. The van der Waals surface area contributed by atoms with Gasteiger partial charge in [0, 0.05) is 9.61 Å². The molecule has 15 heavy (non-hydrogen) atoms. The molecule has 0 saturated heterocycles. The summed E-state index contributed by atoms with van der Waals surface area (Å²) in [6.45, 7) is 2.19. The van der Waals surface area contributed by atoms with E-state index >= 15 is 0 Å². The number of hydrogen-bond acceptors (Lipinski definition) is 1. The van der Waals surface area contributed by atoms with Gasteiger partial charge in [-0.1, -0.05) is 31.0 Å². The van der Waals surface area contributed by atoms with E-state index in [1.54, 1.807) is 0 Å². The van der Waals surface area contributed by atoms with Crippen molar-refractivity contribution in [2.45, 2.75) is 32.2 Å². The summed E-state index contributed by atoms with van der Waals surface area (Å²) in [4.78, 5) is 0. The molecule has 0 bridgehead atoms. The largest absolute Gasteiger partial charge is 0.313 e. The number of rotatable bonds is 4. The highest BCUT2D eigenvalue weighted by atomic mass is 127. The van der Waals surface area contributed by atoms with Crippen LogP contribution < -0.4 is 5.32 Å². The lowest BCUT2D eigenvalue weighted by Crippen LogP contribution is -2.18. The fraction of sp³-hybridized carbons (Fsp3) is 0.538. The minimum atomic E-state index is 0.546. The minimum Gasteiger partial charge on any atom is -0.313 e. The molecule has 1 aliphatic carbocycles. The van der Waals surface area contributed by atoms with Gasteiger partial charge < -0.3 is 5.32 Å². The molecule has 1 nitrogen and oxygen atoms in total. The smallest absolute Gasteiger partial charge is 0.0330 e. The van der Waals surface area contributed by atoms with Crippen LogP contribution in [0.15, 0.2) is 18.2 Å². The zero-order chi connectivity index (χ0) is 10.8. The first-order chi connectivity index (χ1) is 7.22. The fourth-order valence-corrected chi connectivity index (χ4v) is 2.76. The Hall–Kier alpha value is -0.0900. The van der Waals surface area contributed by atoms with Crippen LogP contribution in [0.3, 0.4) is 0 Å². The van der Waals surface area contributed by atoms with E-state index in [4.69, 9.17) is 0 Å². The van der Waals surface area contributed by atoms with Crippen LogP contribution in [0.1, 0.15) is 36.4 Å². The van der Waals surface area contributed by atoms with Gasteiger partial charge in [-0.15, -0.1) is 0 Å². The van der Waals surface area contributed by atoms with Gasteiger partial charge in [-0.2, -0.15) is 0 Å². The lowest BCUT2D eigenvalue weighted by Gasteiger charge is -2.18. The van der Waals surface area contributed by atoms with Crippen LogP contribution in [-0.2, 0) is 0 Å². The molecule has 1 unspecified atom stereocenters. The zero-order valence-electron chi connectivity index (χ0n) is 9.39. The van der Waals surface area contributed by atoms with E-state index in [-0.39, 0.29) is 0 Å². The number of hydrogen-bond donors (Lipinski definition) is 1. The van der Waals surface area contributed by atoms with Crippen LogP contribution in [0, 0.1) is 16.4 Å². The molecule has 0 aliphatic heterocycles. The van der Waals surface area contributed by atoms with E-state index in [1.165, 1.54) is 34.0 Å². The first-order valence-corrected chi connectivity index (χ1v) is 6.72. The van der Waals surface area contributed by atoms with Crippen LogP contribution in [0.2, 0.25) is 0 Å². The van der Waals surface area contributed by atoms with Crippen molar-refractivity contribution >= 4 is 22.6 Å². The molecule has 1 atom stereocenters. The van der Waals surface area contributed by atoms with Crippen LogP contribution in [0.25, 0.3) is 0 Å². The molecule has 2 heteroatoms. The summed E-state index contributed by atoms with van der Waals surface area (Å²) in [5, 5.41) is 3.45. The second kappa shape index (κ2) is 4.83. The van der Waals surface area contributed by atoms with Gasteiger partial charge in [0.1, 0.15) is 0 Å². The second-order valence-electron chi connectivity index (χ2n) is 4.50. The third kappa shape index (κ3) is 2.72. The van der Waals surface area contributed by atoms with Crippen LogP contribution >= 0.6 is 22.6 Å². The maximum absolute atomic E-state index is 3.45. The van der Waals surface area contributed by atoms with E-state index < -0.39 is 0 Å². The molecular formula is C13H18IN. The number of aryl methyl sites for hydroxylation is 1. The average Bonchev–Trinajstić information content (AvgIpc) is 3.03. The maximum atomic E-state index is 3.45. The maximum Gasteiger partial charge on any atom is 0.0330 e. The lowest BCUT2D eigenvalue weighted by atomic mass is 10.00. The predicted octanol–water partition coefficient (Wildman–Crippen LogP) is 3.66. The van der Waals surface area contributed by atoms with Crippen molar-refractivity contribution in [3.05, 3.63) is 32.9 Å². The molecule has 1 saturated carbocycles. The van der Waals surface area contributed by atoms with Gasteiger partial charge in [-0.3, -0.25) is 0 Å². The SMILES string of the molecule is CNC(CC1CC1)c1cccc(C)c1I. The van der Waals surface area contributed by atoms with E-state index in [0.29, 0.717) is 6.04 Å². The van der Waals surface area contributed by atoms with Gasteiger partial charge in [-0.05, 0) is 60.0 Å². The van der Waals surface area contributed by atoms with Crippen molar-refractivity contribution in [2.75, 3.05) is 7.05 Å². The van der Waals surface area contributed by atoms with E-state index in [1.807, 2.05) is 0 Å². The molecule has 1 aromatic carbocycles. The van der Waals surface area contributed by atoms with Crippen LogP contribution in [0.4, 0.5) is 0 Å². The molecule has 0 amide bonds. The third-order valence-corrected chi connectivity index (χ3v) is 4.69.